The molecule has 2 aromatic rings. The number of guanidine groups is 1. The molecule has 0 aromatic heterocycles. The maximum absolute atomic E-state index is 4.42. The molecule has 0 radical (unpaired) electrons. The Hall–Kier alpha value is -2.37. The zero-order valence-corrected chi connectivity index (χ0v) is 17.8. The normalized spacial score (nSPS) is 16.2. The molecule has 1 aliphatic heterocycles. The summed E-state index contributed by atoms with van der Waals surface area (Å²) in [5.74, 6) is 1.16. The monoisotopic (exact) mass is 393 g/mol. The van der Waals surface area contributed by atoms with Crippen LogP contribution < -0.4 is 10.6 Å². The third-order valence-electron chi connectivity index (χ3n) is 5.73. The fraction of sp³-hybridized carbons (Fsp3) is 0.458. The SMILES string of the molecule is CCN1CCN(CCNC(=NC)NCC(c2ccccc2)c2ccccc2)CC1. The lowest BCUT2D eigenvalue weighted by Crippen LogP contribution is -2.49. The summed E-state index contributed by atoms with van der Waals surface area (Å²) in [7, 11) is 1.84. The first-order valence-electron chi connectivity index (χ1n) is 10.8. The van der Waals surface area contributed by atoms with Crippen LogP contribution in [0, 0.1) is 0 Å². The highest BCUT2D eigenvalue weighted by atomic mass is 15.3. The van der Waals surface area contributed by atoms with Crippen LogP contribution in [0.15, 0.2) is 65.7 Å². The van der Waals surface area contributed by atoms with Gasteiger partial charge in [-0.25, -0.2) is 0 Å². The molecule has 0 saturated carbocycles. The molecule has 5 nitrogen and oxygen atoms in total. The van der Waals surface area contributed by atoms with E-state index >= 15 is 0 Å². The predicted octanol–water partition coefficient (Wildman–Crippen LogP) is 2.62. The number of piperazine rings is 1. The van der Waals surface area contributed by atoms with Crippen molar-refractivity contribution in [3.63, 3.8) is 0 Å². The molecular weight excluding hydrogens is 358 g/mol. The first-order valence-corrected chi connectivity index (χ1v) is 10.8. The molecule has 1 saturated heterocycles. The fourth-order valence-corrected chi connectivity index (χ4v) is 3.88. The van der Waals surface area contributed by atoms with Gasteiger partial charge in [-0.15, -0.1) is 0 Å². The average Bonchev–Trinajstić information content (AvgIpc) is 2.80. The first-order chi connectivity index (χ1) is 14.3. The lowest BCUT2D eigenvalue weighted by Gasteiger charge is -2.34. The summed E-state index contributed by atoms with van der Waals surface area (Å²) in [5, 5.41) is 7.02. The zero-order chi connectivity index (χ0) is 20.3. The number of rotatable bonds is 8. The van der Waals surface area contributed by atoms with E-state index in [2.05, 4.69) is 93.0 Å². The van der Waals surface area contributed by atoms with Crippen LogP contribution in [0.2, 0.25) is 0 Å². The van der Waals surface area contributed by atoms with Gasteiger partial charge in [-0.2, -0.15) is 0 Å². The molecule has 1 aliphatic rings. The van der Waals surface area contributed by atoms with Crippen LogP contribution in [0.5, 0.6) is 0 Å². The van der Waals surface area contributed by atoms with Gasteiger partial charge in [0.15, 0.2) is 5.96 Å². The molecule has 2 N–H and O–H groups in total. The molecule has 0 unspecified atom stereocenters. The van der Waals surface area contributed by atoms with Crippen molar-refractivity contribution in [2.75, 3.05) is 59.4 Å². The molecule has 3 rings (SSSR count). The van der Waals surface area contributed by atoms with Crippen LogP contribution in [0.3, 0.4) is 0 Å². The highest BCUT2D eigenvalue weighted by Gasteiger charge is 2.16. The van der Waals surface area contributed by atoms with E-state index in [9.17, 15) is 0 Å². The van der Waals surface area contributed by atoms with Gasteiger partial charge in [0.2, 0.25) is 0 Å². The topological polar surface area (TPSA) is 42.9 Å². The zero-order valence-electron chi connectivity index (χ0n) is 17.8. The standard InChI is InChI=1S/C24H35N5/c1-3-28-16-18-29(19-17-28)15-14-26-24(25-2)27-20-23(21-10-6-4-7-11-21)22-12-8-5-9-13-22/h4-13,23H,3,14-20H2,1-2H3,(H2,25,26,27). The van der Waals surface area contributed by atoms with Crippen molar-refractivity contribution in [2.45, 2.75) is 12.8 Å². The maximum atomic E-state index is 4.42. The van der Waals surface area contributed by atoms with Gasteiger partial charge in [0, 0.05) is 58.8 Å². The van der Waals surface area contributed by atoms with E-state index < -0.39 is 0 Å². The smallest absolute Gasteiger partial charge is 0.191 e. The Kier molecular flexibility index (Phi) is 8.53. The number of nitrogens with one attached hydrogen (secondary N) is 2. The Balaban J connectivity index is 1.50. The van der Waals surface area contributed by atoms with Gasteiger partial charge in [0.1, 0.15) is 0 Å². The van der Waals surface area contributed by atoms with E-state index in [1.165, 1.54) is 24.2 Å². The van der Waals surface area contributed by atoms with Crippen LogP contribution in [-0.4, -0.2) is 75.2 Å². The Morgan fingerprint density at radius 3 is 1.93 bits per heavy atom. The van der Waals surface area contributed by atoms with Crippen LogP contribution in [-0.2, 0) is 0 Å². The second-order valence-electron chi connectivity index (χ2n) is 7.53. The van der Waals surface area contributed by atoms with Crippen molar-refractivity contribution in [1.29, 1.82) is 0 Å². The molecule has 0 bridgehead atoms. The van der Waals surface area contributed by atoms with Gasteiger partial charge in [0.05, 0.1) is 0 Å². The number of likely N-dealkylation sites (N-methyl/N-ethyl adjacent to an activating group) is 1. The lowest BCUT2D eigenvalue weighted by molar-refractivity contribution is 0.139. The van der Waals surface area contributed by atoms with E-state index in [-0.39, 0.29) is 5.92 Å². The van der Waals surface area contributed by atoms with Gasteiger partial charge >= 0.3 is 0 Å². The molecule has 0 atom stereocenters. The Morgan fingerprint density at radius 2 is 1.41 bits per heavy atom. The molecular formula is C24H35N5. The van der Waals surface area contributed by atoms with E-state index in [1.54, 1.807) is 0 Å². The quantitative estimate of drug-likeness (QED) is 0.535. The summed E-state index contributed by atoms with van der Waals surface area (Å²) in [6, 6.07) is 21.4. The highest BCUT2D eigenvalue weighted by Crippen LogP contribution is 2.23. The Bertz CT molecular complexity index is 684. The number of benzene rings is 2. The summed E-state index contributed by atoms with van der Waals surface area (Å²) in [4.78, 5) is 9.47. The van der Waals surface area contributed by atoms with Crippen molar-refractivity contribution in [2.24, 2.45) is 4.99 Å². The van der Waals surface area contributed by atoms with Crippen molar-refractivity contribution in [1.82, 2.24) is 20.4 Å². The molecule has 2 aromatic carbocycles. The highest BCUT2D eigenvalue weighted by molar-refractivity contribution is 5.79. The Morgan fingerprint density at radius 1 is 0.862 bits per heavy atom. The summed E-state index contributed by atoms with van der Waals surface area (Å²) < 4.78 is 0. The Labute approximate surface area is 175 Å². The molecule has 0 spiro atoms. The van der Waals surface area contributed by atoms with E-state index in [1.807, 2.05) is 7.05 Å². The summed E-state index contributed by atoms with van der Waals surface area (Å²) in [6.07, 6.45) is 0. The second-order valence-corrected chi connectivity index (χ2v) is 7.53. The molecule has 1 heterocycles. The molecule has 0 amide bonds. The lowest BCUT2D eigenvalue weighted by atomic mass is 9.91. The number of aliphatic imine (C=N–C) groups is 1. The molecule has 29 heavy (non-hydrogen) atoms. The van der Waals surface area contributed by atoms with Gasteiger partial charge in [0.25, 0.3) is 0 Å². The number of nitrogens with zero attached hydrogens (tertiary/aromatic N) is 3. The van der Waals surface area contributed by atoms with Crippen molar-refractivity contribution < 1.29 is 0 Å². The molecule has 1 fully saturated rings. The molecule has 0 aliphatic carbocycles. The van der Waals surface area contributed by atoms with Crippen molar-refractivity contribution in [3.8, 4) is 0 Å². The van der Waals surface area contributed by atoms with E-state index in [0.717, 1.165) is 45.2 Å². The van der Waals surface area contributed by atoms with E-state index in [4.69, 9.17) is 0 Å². The fourth-order valence-electron chi connectivity index (χ4n) is 3.88. The van der Waals surface area contributed by atoms with Crippen LogP contribution in [0.25, 0.3) is 0 Å². The summed E-state index contributed by atoms with van der Waals surface area (Å²) >= 11 is 0. The minimum absolute atomic E-state index is 0.290. The molecule has 5 heteroatoms. The van der Waals surface area contributed by atoms with Crippen LogP contribution in [0.4, 0.5) is 0 Å². The average molecular weight is 394 g/mol. The summed E-state index contributed by atoms with van der Waals surface area (Å²) in [6.45, 7) is 10.8. The predicted molar refractivity (Wildman–Crippen MR) is 123 cm³/mol. The largest absolute Gasteiger partial charge is 0.355 e. The minimum atomic E-state index is 0.290. The minimum Gasteiger partial charge on any atom is -0.355 e. The maximum Gasteiger partial charge on any atom is 0.191 e. The van der Waals surface area contributed by atoms with E-state index in [0.29, 0.717) is 0 Å². The second kappa shape index (κ2) is 11.6. The van der Waals surface area contributed by atoms with Gasteiger partial charge in [-0.05, 0) is 17.7 Å². The third-order valence-corrected chi connectivity index (χ3v) is 5.73. The van der Waals surface area contributed by atoms with Crippen LogP contribution >= 0.6 is 0 Å². The first kappa shape index (κ1) is 21.3. The third kappa shape index (κ3) is 6.58. The van der Waals surface area contributed by atoms with Crippen molar-refractivity contribution in [3.05, 3.63) is 71.8 Å². The number of hydrogen-bond donors (Lipinski definition) is 2. The number of hydrogen-bond acceptors (Lipinski definition) is 3. The van der Waals surface area contributed by atoms with Crippen LogP contribution in [0.1, 0.15) is 24.0 Å². The van der Waals surface area contributed by atoms with Gasteiger partial charge in [-0.1, -0.05) is 67.6 Å². The molecule has 156 valence electrons. The van der Waals surface area contributed by atoms with Crippen molar-refractivity contribution >= 4 is 5.96 Å². The summed E-state index contributed by atoms with van der Waals surface area (Å²) in [5.41, 5.74) is 2.63. The van der Waals surface area contributed by atoms with Gasteiger partial charge < -0.3 is 15.5 Å². The van der Waals surface area contributed by atoms with Gasteiger partial charge in [-0.3, -0.25) is 9.89 Å².